The molecule has 17 heavy (non-hydrogen) atoms. The quantitative estimate of drug-likeness (QED) is 0.559. The van der Waals surface area contributed by atoms with Crippen molar-refractivity contribution in [2.75, 3.05) is 6.61 Å². The van der Waals surface area contributed by atoms with Crippen molar-refractivity contribution in [1.82, 2.24) is 4.98 Å². The Hall–Kier alpha value is -2.03. The van der Waals surface area contributed by atoms with Crippen LogP contribution < -0.4 is 0 Å². The predicted molar refractivity (Wildman–Crippen MR) is 52.8 cm³/mol. The van der Waals surface area contributed by atoms with Crippen LogP contribution in [-0.2, 0) is 15.7 Å². The first-order valence-corrected chi connectivity index (χ1v) is 4.64. The Bertz CT molecular complexity index is 472. The van der Waals surface area contributed by atoms with Gasteiger partial charge in [-0.1, -0.05) is 5.92 Å². The van der Waals surface area contributed by atoms with Crippen molar-refractivity contribution in [3.63, 3.8) is 0 Å². The van der Waals surface area contributed by atoms with Gasteiger partial charge in [0, 0.05) is 23.9 Å². The molecular weight excluding hydrogens is 235 g/mol. The van der Waals surface area contributed by atoms with Crippen LogP contribution in [0.4, 0.5) is 13.2 Å². The minimum absolute atomic E-state index is 0.00729. The van der Waals surface area contributed by atoms with Crippen LogP contribution in [0, 0.1) is 11.8 Å². The van der Waals surface area contributed by atoms with E-state index in [0.29, 0.717) is 6.20 Å². The first-order chi connectivity index (χ1) is 7.93. The average molecular weight is 243 g/mol. The maximum Gasteiger partial charge on any atom is 0.417 e. The molecule has 3 nitrogen and oxygen atoms in total. The summed E-state index contributed by atoms with van der Waals surface area (Å²) < 4.78 is 41.4. The van der Waals surface area contributed by atoms with Crippen LogP contribution in [0.15, 0.2) is 18.5 Å². The predicted octanol–water partition coefficient (Wildman–Crippen LogP) is 2.02. The topological polar surface area (TPSA) is 39.2 Å². The van der Waals surface area contributed by atoms with Crippen LogP contribution in [0.2, 0.25) is 0 Å². The molecule has 0 aliphatic carbocycles. The van der Waals surface area contributed by atoms with Crippen LogP contribution >= 0.6 is 0 Å². The maximum absolute atomic E-state index is 12.3. The van der Waals surface area contributed by atoms with Gasteiger partial charge in [0.25, 0.3) is 0 Å². The summed E-state index contributed by atoms with van der Waals surface area (Å²) in [7, 11) is 0. The number of esters is 1. The number of hydrogen-bond donors (Lipinski definition) is 0. The molecule has 0 amide bonds. The number of halogens is 3. The molecule has 0 aliphatic heterocycles. The number of alkyl halides is 3. The van der Waals surface area contributed by atoms with Gasteiger partial charge < -0.3 is 4.74 Å². The molecule has 0 unspecified atom stereocenters. The maximum atomic E-state index is 12.3. The molecule has 0 bridgehead atoms. The smallest absolute Gasteiger partial charge is 0.417 e. The standard InChI is InChI=1S/C11H8F3NO2/c1-2-17-10(16)4-3-8-5-9(7-15-6-8)11(12,13)14/h5-7H,2H2,1H3. The second kappa shape index (κ2) is 5.34. The fraction of sp³-hybridized carbons (Fsp3) is 0.273. The highest BCUT2D eigenvalue weighted by molar-refractivity contribution is 5.89. The molecule has 0 aromatic carbocycles. The molecule has 0 spiro atoms. The number of rotatable bonds is 1. The summed E-state index contributed by atoms with van der Waals surface area (Å²) in [5, 5.41) is 0. The highest BCUT2D eigenvalue weighted by Gasteiger charge is 2.30. The van der Waals surface area contributed by atoms with Crippen LogP contribution in [-0.4, -0.2) is 17.6 Å². The fourth-order valence-electron chi connectivity index (χ4n) is 0.954. The molecule has 6 heteroatoms. The Labute approximate surface area is 95.6 Å². The van der Waals surface area contributed by atoms with E-state index >= 15 is 0 Å². The number of pyridine rings is 1. The Morgan fingerprint density at radius 1 is 1.47 bits per heavy atom. The number of nitrogens with zero attached hydrogens (tertiary/aromatic N) is 1. The Morgan fingerprint density at radius 2 is 2.18 bits per heavy atom. The first kappa shape index (κ1) is 13.0. The summed E-state index contributed by atoms with van der Waals surface area (Å²) in [4.78, 5) is 14.3. The van der Waals surface area contributed by atoms with Crippen molar-refractivity contribution >= 4 is 5.97 Å². The zero-order valence-corrected chi connectivity index (χ0v) is 8.84. The third-order valence-electron chi connectivity index (χ3n) is 1.65. The van der Waals surface area contributed by atoms with Gasteiger partial charge in [-0.05, 0) is 13.0 Å². The molecular formula is C11H8F3NO2. The Morgan fingerprint density at radius 3 is 2.76 bits per heavy atom. The van der Waals surface area contributed by atoms with Gasteiger partial charge in [0.05, 0.1) is 12.2 Å². The monoisotopic (exact) mass is 243 g/mol. The number of hydrogen-bond acceptors (Lipinski definition) is 3. The van der Waals surface area contributed by atoms with Crippen molar-refractivity contribution < 1.29 is 22.7 Å². The first-order valence-electron chi connectivity index (χ1n) is 4.64. The summed E-state index contributed by atoms with van der Waals surface area (Å²) in [6.07, 6.45) is -2.65. The van der Waals surface area contributed by atoms with Gasteiger partial charge >= 0.3 is 12.1 Å². The lowest BCUT2D eigenvalue weighted by Gasteiger charge is -2.04. The van der Waals surface area contributed by atoms with Crippen LogP contribution in [0.25, 0.3) is 0 Å². The van der Waals surface area contributed by atoms with Crippen molar-refractivity contribution in [1.29, 1.82) is 0 Å². The van der Waals surface area contributed by atoms with E-state index in [1.807, 2.05) is 0 Å². The molecule has 0 atom stereocenters. The van der Waals surface area contributed by atoms with Crippen molar-refractivity contribution in [3.8, 4) is 11.8 Å². The number of aromatic nitrogens is 1. The summed E-state index contributed by atoms with van der Waals surface area (Å²) in [6.45, 7) is 1.76. The van der Waals surface area contributed by atoms with E-state index < -0.39 is 17.7 Å². The summed E-state index contributed by atoms with van der Waals surface area (Å²) in [5.74, 6) is 3.53. The van der Waals surface area contributed by atoms with E-state index in [2.05, 4.69) is 21.6 Å². The van der Waals surface area contributed by atoms with E-state index in [1.165, 1.54) is 0 Å². The van der Waals surface area contributed by atoms with Crippen molar-refractivity contribution in [2.24, 2.45) is 0 Å². The summed E-state index contributed by atoms with van der Waals surface area (Å²) in [5.41, 5.74) is -0.902. The van der Waals surface area contributed by atoms with Gasteiger partial charge in [-0.2, -0.15) is 13.2 Å². The van der Waals surface area contributed by atoms with Gasteiger partial charge in [0.1, 0.15) is 0 Å². The normalized spacial score (nSPS) is 10.4. The van der Waals surface area contributed by atoms with E-state index in [9.17, 15) is 18.0 Å². The second-order valence-corrected chi connectivity index (χ2v) is 2.93. The highest BCUT2D eigenvalue weighted by Crippen LogP contribution is 2.28. The molecule has 0 fully saturated rings. The van der Waals surface area contributed by atoms with Crippen molar-refractivity contribution in [2.45, 2.75) is 13.1 Å². The number of carbonyl (C=O) groups is 1. The largest absolute Gasteiger partial charge is 0.456 e. The molecule has 1 rings (SSSR count). The minimum atomic E-state index is -4.48. The highest BCUT2D eigenvalue weighted by atomic mass is 19.4. The third-order valence-corrected chi connectivity index (χ3v) is 1.65. The zero-order valence-electron chi connectivity index (χ0n) is 8.84. The van der Waals surface area contributed by atoms with Crippen LogP contribution in [0.5, 0.6) is 0 Å². The number of carbonyl (C=O) groups excluding carboxylic acids is 1. The molecule has 90 valence electrons. The summed E-state index contributed by atoms with van der Waals surface area (Å²) >= 11 is 0. The van der Waals surface area contributed by atoms with Gasteiger partial charge in [-0.25, -0.2) is 4.79 Å². The van der Waals surface area contributed by atoms with Crippen molar-refractivity contribution in [3.05, 3.63) is 29.6 Å². The molecule has 1 heterocycles. The zero-order chi connectivity index (χ0) is 12.9. The fourth-order valence-corrected chi connectivity index (χ4v) is 0.954. The van der Waals surface area contributed by atoms with E-state index in [4.69, 9.17) is 0 Å². The van der Waals surface area contributed by atoms with E-state index in [-0.39, 0.29) is 12.2 Å². The third kappa shape index (κ3) is 4.15. The SMILES string of the molecule is CCOC(=O)C#Cc1cncc(C(F)(F)F)c1. The second-order valence-electron chi connectivity index (χ2n) is 2.93. The molecule has 0 saturated carbocycles. The molecule has 0 saturated heterocycles. The number of ether oxygens (including phenoxy) is 1. The lowest BCUT2D eigenvalue weighted by molar-refractivity contribution is -0.138. The molecule has 1 aromatic heterocycles. The lowest BCUT2D eigenvalue weighted by atomic mass is 10.2. The molecule has 0 N–H and O–H groups in total. The molecule has 1 aromatic rings. The average Bonchev–Trinajstić information content (AvgIpc) is 2.26. The molecule has 0 aliphatic rings. The lowest BCUT2D eigenvalue weighted by Crippen LogP contribution is -2.05. The minimum Gasteiger partial charge on any atom is -0.456 e. The Balaban J connectivity index is 2.90. The molecule has 0 radical (unpaired) electrons. The van der Waals surface area contributed by atoms with Crippen LogP contribution in [0.3, 0.4) is 0 Å². The van der Waals surface area contributed by atoms with Gasteiger partial charge in [0.2, 0.25) is 0 Å². The summed E-state index contributed by atoms with van der Waals surface area (Å²) in [6, 6.07) is 0.819. The van der Waals surface area contributed by atoms with Gasteiger partial charge in [-0.3, -0.25) is 4.98 Å². The van der Waals surface area contributed by atoms with Crippen LogP contribution in [0.1, 0.15) is 18.1 Å². The van der Waals surface area contributed by atoms with E-state index in [0.717, 1.165) is 12.3 Å². The van der Waals surface area contributed by atoms with Gasteiger partial charge in [0.15, 0.2) is 0 Å². The van der Waals surface area contributed by atoms with E-state index in [1.54, 1.807) is 6.92 Å². The van der Waals surface area contributed by atoms with Gasteiger partial charge in [-0.15, -0.1) is 0 Å². The Kier molecular flexibility index (Phi) is 4.10.